The first kappa shape index (κ1) is 19.0. The third-order valence-electron chi connectivity index (χ3n) is 4.06. The molecule has 1 amide bonds. The number of rotatable bonds is 4. The van der Waals surface area contributed by atoms with E-state index in [2.05, 4.69) is 0 Å². The van der Waals surface area contributed by atoms with E-state index < -0.39 is 27.6 Å². The number of carbonyl (C=O) groups excluding carboxylic acids is 2. The molecule has 6 nitrogen and oxygen atoms in total. The summed E-state index contributed by atoms with van der Waals surface area (Å²) >= 11 is 0. The van der Waals surface area contributed by atoms with Crippen molar-refractivity contribution in [3.63, 3.8) is 0 Å². The third-order valence-corrected chi connectivity index (χ3v) is 5.17. The molecule has 0 radical (unpaired) electrons. The number of ether oxygens (including phenoxy) is 1. The molecular weight excluding hydrogens is 380 g/mol. The Bertz CT molecular complexity index is 1070. The lowest BCUT2D eigenvalue weighted by Crippen LogP contribution is -2.34. The van der Waals surface area contributed by atoms with Crippen LogP contribution in [0, 0.1) is 11.6 Å². The smallest absolute Gasteiger partial charge is 0.238 e. The minimum Gasteiger partial charge on any atom is -0.452 e. The van der Waals surface area contributed by atoms with Gasteiger partial charge >= 0.3 is 0 Å². The molecule has 9 heteroatoms. The summed E-state index contributed by atoms with van der Waals surface area (Å²) in [5, 5.41) is 0. The summed E-state index contributed by atoms with van der Waals surface area (Å²) in [7, 11) is -4.01. The highest BCUT2D eigenvalue weighted by Crippen LogP contribution is 2.39. The number of aryl methyl sites for hydroxylation is 1. The van der Waals surface area contributed by atoms with Crippen molar-refractivity contribution in [3.8, 4) is 11.5 Å². The van der Waals surface area contributed by atoms with Crippen LogP contribution in [-0.2, 0) is 21.2 Å². The molecule has 0 aliphatic heterocycles. The van der Waals surface area contributed by atoms with Crippen LogP contribution in [0.3, 0.4) is 0 Å². The normalized spacial score (nSPS) is 13.4. The summed E-state index contributed by atoms with van der Waals surface area (Å²) in [4.78, 5) is 24.0. The lowest BCUT2D eigenvalue weighted by molar-refractivity contribution is -0.115. The van der Waals surface area contributed by atoms with Gasteiger partial charge < -0.3 is 4.74 Å². The first-order valence-electron chi connectivity index (χ1n) is 7.92. The number of sulfonamides is 1. The van der Waals surface area contributed by atoms with Crippen LogP contribution in [0.4, 0.5) is 14.5 Å². The Morgan fingerprint density at radius 3 is 2.41 bits per heavy atom. The van der Waals surface area contributed by atoms with E-state index in [0.29, 0.717) is 27.9 Å². The van der Waals surface area contributed by atoms with Crippen molar-refractivity contribution >= 4 is 27.4 Å². The van der Waals surface area contributed by atoms with Crippen molar-refractivity contribution in [1.82, 2.24) is 0 Å². The van der Waals surface area contributed by atoms with Gasteiger partial charge in [0.05, 0.1) is 6.26 Å². The first-order valence-corrected chi connectivity index (χ1v) is 9.76. The fourth-order valence-corrected chi connectivity index (χ4v) is 3.93. The molecule has 1 aliphatic rings. The van der Waals surface area contributed by atoms with Crippen molar-refractivity contribution < 1.29 is 31.5 Å². The molecule has 0 bridgehead atoms. The van der Waals surface area contributed by atoms with Crippen molar-refractivity contribution in [2.75, 3.05) is 10.6 Å². The van der Waals surface area contributed by atoms with Crippen LogP contribution in [0.15, 0.2) is 30.3 Å². The SMILES string of the molecule is CC(=O)N(c1cc2c(cc1Oc1ccc(F)cc1F)C(=O)CC2)S(C)(=O)=O. The number of Topliss-reactive ketones (excluding diaryl/α,β-unsaturated/α-hetero) is 1. The largest absolute Gasteiger partial charge is 0.452 e. The van der Waals surface area contributed by atoms with E-state index >= 15 is 0 Å². The molecule has 3 rings (SSSR count). The maximum absolute atomic E-state index is 14.0. The van der Waals surface area contributed by atoms with Gasteiger partial charge in [0.25, 0.3) is 0 Å². The molecule has 2 aromatic carbocycles. The van der Waals surface area contributed by atoms with E-state index in [0.717, 1.165) is 25.3 Å². The predicted molar refractivity (Wildman–Crippen MR) is 93.5 cm³/mol. The van der Waals surface area contributed by atoms with Crippen LogP contribution < -0.4 is 9.04 Å². The number of anilines is 1. The van der Waals surface area contributed by atoms with Crippen LogP contribution in [0.5, 0.6) is 11.5 Å². The van der Waals surface area contributed by atoms with Gasteiger partial charge in [0, 0.05) is 25.0 Å². The van der Waals surface area contributed by atoms with Crippen LogP contribution in [0.1, 0.15) is 29.3 Å². The number of amides is 1. The number of halogens is 2. The van der Waals surface area contributed by atoms with Gasteiger partial charge in [-0.05, 0) is 36.2 Å². The maximum atomic E-state index is 14.0. The summed E-state index contributed by atoms with van der Waals surface area (Å²) in [5.74, 6) is -3.37. The highest BCUT2D eigenvalue weighted by molar-refractivity contribution is 7.92. The van der Waals surface area contributed by atoms with Crippen molar-refractivity contribution in [2.45, 2.75) is 19.8 Å². The van der Waals surface area contributed by atoms with E-state index in [1.54, 1.807) is 0 Å². The fourth-order valence-electron chi connectivity index (χ4n) is 2.96. The van der Waals surface area contributed by atoms with Gasteiger partial charge in [0.15, 0.2) is 23.1 Å². The molecule has 1 aliphatic carbocycles. The van der Waals surface area contributed by atoms with E-state index in [9.17, 15) is 26.8 Å². The first-order chi connectivity index (χ1) is 12.6. The summed E-state index contributed by atoms with van der Waals surface area (Å²) in [5.41, 5.74) is 0.743. The quantitative estimate of drug-likeness (QED) is 0.794. The summed E-state index contributed by atoms with van der Waals surface area (Å²) in [6.07, 6.45) is 1.47. The van der Waals surface area contributed by atoms with Gasteiger partial charge in [0.2, 0.25) is 15.9 Å². The van der Waals surface area contributed by atoms with Gasteiger partial charge in [-0.1, -0.05) is 0 Å². The van der Waals surface area contributed by atoms with Gasteiger partial charge in [-0.2, -0.15) is 0 Å². The highest BCUT2D eigenvalue weighted by atomic mass is 32.2. The summed E-state index contributed by atoms with van der Waals surface area (Å²) in [6, 6.07) is 5.26. The van der Waals surface area contributed by atoms with Crippen LogP contribution in [0.25, 0.3) is 0 Å². The highest BCUT2D eigenvalue weighted by Gasteiger charge is 2.30. The number of fused-ring (bicyclic) bond motifs is 1. The number of ketones is 1. The van der Waals surface area contributed by atoms with Gasteiger partial charge in [0.1, 0.15) is 11.5 Å². The molecule has 0 atom stereocenters. The molecule has 0 spiro atoms. The van der Waals surface area contributed by atoms with Gasteiger partial charge in [-0.25, -0.2) is 21.5 Å². The Morgan fingerprint density at radius 1 is 1.11 bits per heavy atom. The Labute approximate surface area is 154 Å². The third kappa shape index (κ3) is 3.68. The van der Waals surface area contributed by atoms with Crippen LogP contribution >= 0.6 is 0 Å². The van der Waals surface area contributed by atoms with Crippen LogP contribution in [-0.4, -0.2) is 26.4 Å². The predicted octanol–water partition coefficient (Wildman–Crippen LogP) is 3.20. The zero-order valence-corrected chi connectivity index (χ0v) is 15.3. The fraction of sp³-hybridized carbons (Fsp3) is 0.222. The number of nitrogens with zero attached hydrogens (tertiary/aromatic N) is 1. The second-order valence-electron chi connectivity index (χ2n) is 6.12. The topological polar surface area (TPSA) is 80.8 Å². The average molecular weight is 395 g/mol. The molecule has 2 aromatic rings. The van der Waals surface area contributed by atoms with E-state index in [1.165, 1.54) is 12.1 Å². The maximum Gasteiger partial charge on any atom is 0.238 e. The minimum absolute atomic E-state index is 0.137. The van der Waals surface area contributed by atoms with E-state index in [1.807, 2.05) is 0 Å². The lowest BCUT2D eigenvalue weighted by Gasteiger charge is -2.22. The Balaban J connectivity index is 2.20. The molecule has 142 valence electrons. The second kappa shape index (κ2) is 6.73. The van der Waals surface area contributed by atoms with Crippen molar-refractivity contribution in [2.24, 2.45) is 0 Å². The van der Waals surface area contributed by atoms with Crippen molar-refractivity contribution in [3.05, 3.63) is 53.1 Å². The average Bonchev–Trinajstić information content (AvgIpc) is 2.89. The van der Waals surface area contributed by atoms with E-state index in [4.69, 9.17) is 4.74 Å². The van der Waals surface area contributed by atoms with Gasteiger partial charge in [-0.3, -0.25) is 9.59 Å². The monoisotopic (exact) mass is 395 g/mol. The molecule has 0 saturated carbocycles. The second-order valence-corrected chi connectivity index (χ2v) is 7.95. The lowest BCUT2D eigenvalue weighted by atomic mass is 10.1. The molecule has 0 fully saturated rings. The van der Waals surface area contributed by atoms with Gasteiger partial charge in [-0.15, -0.1) is 0 Å². The number of hydrogen-bond acceptors (Lipinski definition) is 5. The van der Waals surface area contributed by atoms with Crippen molar-refractivity contribution in [1.29, 1.82) is 0 Å². The number of benzene rings is 2. The van der Waals surface area contributed by atoms with E-state index in [-0.39, 0.29) is 29.4 Å². The Kier molecular flexibility index (Phi) is 4.73. The zero-order valence-electron chi connectivity index (χ0n) is 14.5. The molecule has 0 N–H and O–H groups in total. The number of hydrogen-bond donors (Lipinski definition) is 0. The standard InChI is InChI=1S/C18H15F2NO5S/c1-10(22)21(27(2,24)25)15-7-11-3-5-16(23)13(11)9-18(15)26-17-6-4-12(19)8-14(17)20/h4,6-9H,3,5H2,1-2H3. The molecule has 0 unspecified atom stereocenters. The summed E-state index contributed by atoms with van der Waals surface area (Å²) < 4.78 is 57.3. The summed E-state index contributed by atoms with van der Waals surface area (Å²) in [6.45, 7) is 1.06. The Hall–Kier alpha value is -2.81. The molecule has 0 heterocycles. The molecule has 0 saturated heterocycles. The van der Waals surface area contributed by atoms with Crippen LogP contribution in [0.2, 0.25) is 0 Å². The number of carbonyl (C=O) groups is 2. The molecular formula is C18H15F2NO5S. The molecule has 27 heavy (non-hydrogen) atoms. The Morgan fingerprint density at radius 2 is 1.81 bits per heavy atom. The molecule has 0 aromatic heterocycles. The minimum atomic E-state index is -4.01. The zero-order chi connectivity index (χ0) is 19.9.